The maximum Gasteiger partial charge on any atom is 0.253 e. The summed E-state index contributed by atoms with van der Waals surface area (Å²) in [5, 5.41) is 14.4. The maximum absolute atomic E-state index is 13.7. The van der Waals surface area contributed by atoms with E-state index in [0.717, 1.165) is 53.8 Å². The summed E-state index contributed by atoms with van der Waals surface area (Å²) in [6.07, 6.45) is 15.0. The van der Waals surface area contributed by atoms with Gasteiger partial charge in [-0.15, -0.1) is 5.10 Å². The summed E-state index contributed by atoms with van der Waals surface area (Å²) >= 11 is 0. The molecule has 2 aromatic heterocycles. The quantitative estimate of drug-likeness (QED) is 0.543. The Morgan fingerprint density at radius 2 is 1.80 bits per heavy atom. The predicted octanol–water partition coefficient (Wildman–Crippen LogP) is 5.46. The number of fused-ring (bicyclic) bond motifs is 1. The van der Waals surface area contributed by atoms with Crippen LogP contribution < -0.4 is 5.56 Å². The molecule has 7 nitrogen and oxygen atoms in total. The van der Waals surface area contributed by atoms with Crippen LogP contribution in [-0.4, -0.2) is 43.2 Å². The van der Waals surface area contributed by atoms with Crippen LogP contribution in [0.15, 0.2) is 29.1 Å². The van der Waals surface area contributed by atoms with Crippen LogP contribution >= 0.6 is 0 Å². The third-order valence-electron chi connectivity index (χ3n) is 9.07. The van der Waals surface area contributed by atoms with Crippen LogP contribution in [0.5, 0.6) is 0 Å². The van der Waals surface area contributed by atoms with Gasteiger partial charge in [-0.3, -0.25) is 9.69 Å². The lowest BCUT2D eigenvalue weighted by atomic mass is 9.69. The molecule has 1 spiro atoms. The van der Waals surface area contributed by atoms with Crippen LogP contribution in [0, 0.1) is 12.3 Å². The number of nitrogens with zero attached hydrogens (tertiary/aromatic N) is 5. The Bertz CT molecular complexity index is 1230. The Kier molecular flexibility index (Phi) is 6.21. The number of aromatic amines is 1. The van der Waals surface area contributed by atoms with E-state index in [1.807, 2.05) is 0 Å². The molecule has 6 rings (SSSR count). The topological polar surface area (TPSA) is 79.7 Å². The fourth-order valence-corrected chi connectivity index (χ4v) is 7.25. The van der Waals surface area contributed by atoms with Crippen molar-refractivity contribution in [3.8, 4) is 0 Å². The molecule has 0 bridgehead atoms. The Morgan fingerprint density at radius 3 is 2.63 bits per heavy atom. The molecule has 0 unspecified atom stereocenters. The molecule has 3 aromatic rings. The summed E-state index contributed by atoms with van der Waals surface area (Å²) in [5.41, 5.74) is 3.15. The molecule has 35 heavy (non-hydrogen) atoms. The molecule has 3 aliphatic rings. The van der Waals surface area contributed by atoms with E-state index >= 15 is 0 Å². The first-order valence-electron chi connectivity index (χ1n) is 13.8. The van der Waals surface area contributed by atoms with Gasteiger partial charge in [0.25, 0.3) is 5.56 Å². The van der Waals surface area contributed by atoms with Crippen LogP contribution in [0.1, 0.15) is 106 Å². The van der Waals surface area contributed by atoms with Crippen LogP contribution in [-0.2, 0) is 0 Å². The summed E-state index contributed by atoms with van der Waals surface area (Å²) in [5.74, 6) is 0.849. The highest BCUT2D eigenvalue weighted by atomic mass is 16.1. The van der Waals surface area contributed by atoms with Gasteiger partial charge < -0.3 is 4.98 Å². The van der Waals surface area contributed by atoms with Crippen LogP contribution in [0.25, 0.3) is 10.9 Å². The van der Waals surface area contributed by atoms with Crippen molar-refractivity contribution in [3.63, 3.8) is 0 Å². The van der Waals surface area contributed by atoms with E-state index < -0.39 is 0 Å². The smallest absolute Gasteiger partial charge is 0.253 e. The fraction of sp³-hybridized carbons (Fsp3) is 0.643. The molecule has 3 fully saturated rings. The minimum absolute atomic E-state index is 0.0155. The van der Waals surface area contributed by atoms with E-state index in [-0.39, 0.29) is 11.6 Å². The van der Waals surface area contributed by atoms with Gasteiger partial charge in [-0.2, -0.15) is 0 Å². The van der Waals surface area contributed by atoms with Gasteiger partial charge in [-0.25, -0.2) is 4.68 Å². The molecule has 186 valence electrons. The standard InChI is InChI=1S/C28H38N6O/c1-20-10-8-11-21-18-23(27(35)29-24(20)21)25(26-30-31-32-34(26)22-12-4-2-5-13-22)33-17-9-16-28(19-33)14-6-3-7-15-28/h8,10-11,18,22,25H,2-7,9,12-17,19H2,1H3,(H,29,35)/t25-/m1/s1. The fourth-order valence-electron chi connectivity index (χ4n) is 7.25. The second kappa shape index (κ2) is 9.49. The number of rotatable bonds is 4. The van der Waals surface area contributed by atoms with Crippen molar-refractivity contribution in [2.75, 3.05) is 13.1 Å². The number of pyridine rings is 1. The first kappa shape index (κ1) is 22.9. The second-order valence-corrected chi connectivity index (χ2v) is 11.4. The number of hydrogen-bond acceptors (Lipinski definition) is 5. The lowest BCUT2D eigenvalue weighted by molar-refractivity contribution is 0.0332. The van der Waals surface area contributed by atoms with Crippen molar-refractivity contribution in [1.29, 1.82) is 0 Å². The Balaban J connectivity index is 1.47. The average Bonchev–Trinajstić information content (AvgIpc) is 3.36. The number of aryl methyl sites for hydroxylation is 1. The lowest BCUT2D eigenvalue weighted by Gasteiger charge is -2.47. The molecule has 2 aliphatic carbocycles. The first-order valence-corrected chi connectivity index (χ1v) is 13.8. The molecular weight excluding hydrogens is 436 g/mol. The number of benzene rings is 1. The van der Waals surface area contributed by atoms with Crippen molar-refractivity contribution >= 4 is 10.9 Å². The zero-order chi connectivity index (χ0) is 23.8. The number of H-pyrrole nitrogens is 1. The monoisotopic (exact) mass is 474 g/mol. The van der Waals surface area contributed by atoms with Crippen molar-refractivity contribution in [1.82, 2.24) is 30.1 Å². The Morgan fingerprint density at radius 1 is 1.03 bits per heavy atom. The van der Waals surface area contributed by atoms with Gasteiger partial charge in [0.15, 0.2) is 5.82 Å². The molecule has 7 heteroatoms. The third-order valence-corrected chi connectivity index (χ3v) is 9.07. The first-order chi connectivity index (χ1) is 17.1. The van der Waals surface area contributed by atoms with Crippen molar-refractivity contribution < 1.29 is 0 Å². The van der Waals surface area contributed by atoms with Crippen molar-refractivity contribution in [2.45, 2.75) is 96.1 Å². The van der Waals surface area contributed by atoms with E-state index in [9.17, 15) is 4.79 Å². The normalized spacial score (nSPS) is 22.5. The van der Waals surface area contributed by atoms with E-state index in [0.29, 0.717) is 11.5 Å². The van der Waals surface area contributed by atoms with Crippen molar-refractivity contribution in [2.24, 2.45) is 5.41 Å². The van der Waals surface area contributed by atoms with Gasteiger partial charge in [-0.05, 0) is 84.9 Å². The van der Waals surface area contributed by atoms with Crippen LogP contribution in [0.2, 0.25) is 0 Å². The van der Waals surface area contributed by atoms with Gasteiger partial charge >= 0.3 is 0 Å². The summed E-state index contributed by atoms with van der Waals surface area (Å²) in [4.78, 5) is 19.4. The highest BCUT2D eigenvalue weighted by Gasteiger charge is 2.41. The average molecular weight is 475 g/mol. The number of tetrazole rings is 1. The SMILES string of the molecule is Cc1cccc2cc([C@H](c3nnnn3C3CCCCC3)N3CCCC4(CCCCC4)C3)c(=O)[nH]c12. The second-order valence-electron chi connectivity index (χ2n) is 11.4. The molecule has 2 saturated carbocycles. The maximum atomic E-state index is 13.7. The molecular formula is C28H38N6O. The van der Waals surface area contributed by atoms with Crippen molar-refractivity contribution in [3.05, 3.63) is 51.6 Å². The van der Waals surface area contributed by atoms with Gasteiger partial charge in [-0.1, -0.05) is 56.7 Å². The van der Waals surface area contributed by atoms with Gasteiger partial charge in [0.2, 0.25) is 0 Å². The van der Waals surface area contributed by atoms with E-state index in [4.69, 9.17) is 0 Å². The van der Waals surface area contributed by atoms with E-state index in [1.165, 1.54) is 64.2 Å². The lowest BCUT2D eigenvalue weighted by Crippen LogP contribution is -2.47. The summed E-state index contributed by atoms with van der Waals surface area (Å²) in [6.45, 7) is 4.06. The Hall–Kier alpha value is -2.54. The zero-order valence-corrected chi connectivity index (χ0v) is 21.0. The summed E-state index contributed by atoms with van der Waals surface area (Å²) < 4.78 is 2.08. The van der Waals surface area contributed by atoms with E-state index in [2.05, 4.69) is 61.3 Å². The van der Waals surface area contributed by atoms with Gasteiger partial charge in [0, 0.05) is 12.1 Å². The number of piperidine rings is 1. The Labute approximate surface area is 207 Å². The highest BCUT2D eigenvalue weighted by molar-refractivity contribution is 5.82. The molecule has 1 saturated heterocycles. The minimum atomic E-state index is -0.223. The number of aromatic nitrogens is 5. The number of likely N-dealkylation sites (tertiary alicyclic amines) is 1. The zero-order valence-electron chi connectivity index (χ0n) is 21.0. The summed E-state index contributed by atoms with van der Waals surface area (Å²) in [6, 6.07) is 8.43. The summed E-state index contributed by atoms with van der Waals surface area (Å²) in [7, 11) is 0. The molecule has 0 radical (unpaired) electrons. The minimum Gasteiger partial charge on any atom is -0.321 e. The molecule has 1 atom stereocenters. The molecule has 1 N–H and O–H groups in total. The number of para-hydroxylation sites is 1. The highest BCUT2D eigenvalue weighted by Crippen LogP contribution is 2.46. The molecule has 1 aliphatic heterocycles. The van der Waals surface area contributed by atoms with Gasteiger partial charge in [0.1, 0.15) is 6.04 Å². The third kappa shape index (κ3) is 4.32. The molecule has 0 amide bonds. The molecule has 1 aromatic carbocycles. The van der Waals surface area contributed by atoms with Crippen LogP contribution in [0.4, 0.5) is 0 Å². The van der Waals surface area contributed by atoms with E-state index in [1.54, 1.807) is 0 Å². The molecule has 3 heterocycles. The van der Waals surface area contributed by atoms with Crippen LogP contribution in [0.3, 0.4) is 0 Å². The van der Waals surface area contributed by atoms with Gasteiger partial charge in [0.05, 0.1) is 11.6 Å². The number of nitrogens with one attached hydrogen (secondary N) is 1. The predicted molar refractivity (Wildman–Crippen MR) is 137 cm³/mol. The largest absolute Gasteiger partial charge is 0.321 e. The number of hydrogen-bond donors (Lipinski definition) is 1.